The number of nitrogens with zero attached hydrogens (tertiary/aromatic N) is 2. The van der Waals surface area contributed by atoms with Gasteiger partial charge in [0, 0.05) is 26.2 Å². The van der Waals surface area contributed by atoms with Crippen molar-refractivity contribution < 1.29 is 0 Å². The van der Waals surface area contributed by atoms with Gasteiger partial charge in [-0.25, -0.2) is 0 Å². The van der Waals surface area contributed by atoms with Gasteiger partial charge in [0.05, 0.1) is 0 Å². The highest BCUT2D eigenvalue weighted by Crippen LogP contribution is 2.20. The van der Waals surface area contributed by atoms with Crippen LogP contribution in [0.3, 0.4) is 0 Å². The fourth-order valence-electron chi connectivity index (χ4n) is 6.36. The van der Waals surface area contributed by atoms with Crippen molar-refractivity contribution in [1.82, 2.24) is 9.80 Å². The van der Waals surface area contributed by atoms with Crippen LogP contribution in [0, 0.1) is 0 Å². The zero-order valence-corrected chi connectivity index (χ0v) is 22.8. The third-order valence-corrected chi connectivity index (χ3v) is 8.55. The second-order valence-corrected chi connectivity index (χ2v) is 11.7. The van der Waals surface area contributed by atoms with E-state index in [1.54, 1.807) is 11.1 Å². The lowest BCUT2D eigenvalue weighted by atomic mass is 10.00. The summed E-state index contributed by atoms with van der Waals surface area (Å²) in [5, 5.41) is 0. The molecule has 2 unspecified atom stereocenters. The van der Waals surface area contributed by atoms with Crippen LogP contribution >= 0.6 is 0 Å². The van der Waals surface area contributed by atoms with Crippen molar-refractivity contribution in [3.8, 4) is 0 Å². The Labute approximate surface area is 213 Å². The summed E-state index contributed by atoms with van der Waals surface area (Å²) in [6, 6.07) is 0. The molecule has 3 heterocycles. The van der Waals surface area contributed by atoms with E-state index < -0.39 is 0 Å². The third kappa shape index (κ3) is 12.9. The fourth-order valence-corrected chi connectivity index (χ4v) is 6.36. The van der Waals surface area contributed by atoms with Crippen LogP contribution in [0.2, 0.25) is 0 Å². The Hall–Kier alpha value is -0.600. The first-order valence-electron chi connectivity index (χ1n) is 15.7. The second kappa shape index (κ2) is 18.6. The third-order valence-electron chi connectivity index (χ3n) is 8.55. The lowest BCUT2D eigenvalue weighted by Crippen LogP contribution is -2.31. The van der Waals surface area contributed by atoms with E-state index >= 15 is 0 Å². The fraction of sp³-hybridized carbons (Fsp3) is 0.875. The van der Waals surface area contributed by atoms with Crippen LogP contribution in [0.1, 0.15) is 141 Å². The Balaban J connectivity index is 1.32. The average molecular weight is 471 g/mol. The molecular formula is C32H58N2. The molecule has 0 amide bonds. The summed E-state index contributed by atoms with van der Waals surface area (Å²) in [5.41, 5.74) is 3.49. The lowest BCUT2D eigenvalue weighted by molar-refractivity contribution is 0.278. The Morgan fingerprint density at radius 3 is 1.06 bits per heavy atom. The van der Waals surface area contributed by atoms with Gasteiger partial charge in [-0.15, -0.1) is 0 Å². The summed E-state index contributed by atoms with van der Waals surface area (Å²) in [7, 11) is 0. The lowest BCUT2D eigenvalue weighted by Gasteiger charge is -2.27. The molecule has 2 heteroatoms. The minimum absolute atomic E-state index is 1.27. The summed E-state index contributed by atoms with van der Waals surface area (Å²) in [6.45, 7) is 7.83. The van der Waals surface area contributed by atoms with Gasteiger partial charge in [0.15, 0.2) is 0 Å². The van der Waals surface area contributed by atoms with Crippen LogP contribution in [0.4, 0.5) is 0 Å². The Morgan fingerprint density at radius 1 is 0.353 bits per heavy atom. The highest BCUT2D eigenvalue weighted by Gasteiger charge is 2.13. The van der Waals surface area contributed by atoms with Crippen molar-refractivity contribution in [3.63, 3.8) is 0 Å². The van der Waals surface area contributed by atoms with Crippen LogP contribution in [0.15, 0.2) is 23.3 Å². The molecule has 0 saturated carbocycles. The predicted molar refractivity (Wildman–Crippen MR) is 151 cm³/mol. The van der Waals surface area contributed by atoms with Gasteiger partial charge < -0.3 is 0 Å². The molecule has 0 aromatic carbocycles. The summed E-state index contributed by atoms with van der Waals surface area (Å²) in [6.07, 6.45) is 36.5. The van der Waals surface area contributed by atoms with Crippen molar-refractivity contribution in [2.75, 3.05) is 39.3 Å². The zero-order chi connectivity index (χ0) is 23.5. The Kier molecular flexibility index (Phi) is 15.3. The molecule has 0 aromatic rings. The zero-order valence-electron chi connectivity index (χ0n) is 22.8. The molecule has 1 saturated heterocycles. The molecule has 0 aliphatic carbocycles. The normalized spacial score (nSPS) is 29.2. The molecule has 3 rings (SSSR count). The van der Waals surface area contributed by atoms with Crippen molar-refractivity contribution >= 4 is 0 Å². The first-order valence-corrected chi connectivity index (χ1v) is 15.7. The molecule has 3 aliphatic heterocycles. The van der Waals surface area contributed by atoms with Gasteiger partial charge in [0.1, 0.15) is 0 Å². The summed E-state index contributed by atoms with van der Waals surface area (Å²) < 4.78 is 0. The Bertz CT molecular complexity index is 513. The second-order valence-electron chi connectivity index (χ2n) is 11.7. The topological polar surface area (TPSA) is 6.48 Å². The number of rotatable bonds is 0. The van der Waals surface area contributed by atoms with Gasteiger partial charge in [-0.05, 0) is 64.5 Å². The average Bonchev–Trinajstić information content (AvgIpc) is 2.86. The minimum atomic E-state index is 1.27. The van der Waals surface area contributed by atoms with Crippen molar-refractivity contribution in [3.05, 3.63) is 23.3 Å². The van der Waals surface area contributed by atoms with Crippen LogP contribution in [-0.2, 0) is 0 Å². The number of hydrogen-bond acceptors (Lipinski definition) is 2. The molecule has 0 N–H and O–H groups in total. The van der Waals surface area contributed by atoms with Crippen molar-refractivity contribution in [2.45, 2.75) is 141 Å². The highest BCUT2D eigenvalue weighted by atomic mass is 15.1. The predicted octanol–water partition coefficient (Wildman–Crippen LogP) is 9.07. The van der Waals surface area contributed by atoms with Gasteiger partial charge in [0.25, 0.3) is 0 Å². The molecule has 2 nitrogen and oxygen atoms in total. The van der Waals surface area contributed by atoms with Crippen LogP contribution in [-0.4, -0.2) is 49.1 Å². The standard InChI is InChI=1S/C32H58N2/c1-3-7-11-15-21-31-23-19-28-34(29-31)26-18-14-10-6-2-4-8-12-16-22-32-24-20-27-33(30-32)25-17-13-9-5-1/h23-24H,1-22,25-30H2. The summed E-state index contributed by atoms with van der Waals surface area (Å²) in [5.74, 6) is 0. The first-order chi connectivity index (χ1) is 16.9. The van der Waals surface area contributed by atoms with E-state index in [1.807, 2.05) is 0 Å². The maximum absolute atomic E-state index is 2.74. The van der Waals surface area contributed by atoms with E-state index in [-0.39, 0.29) is 0 Å². The van der Waals surface area contributed by atoms with Gasteiger partial charge in [-0.1, -0.05) is 113 Å². The molecule has 4 bridgehead atoms. The van der Waals surface area contributed by atoms with Crippen LogP contribution < -0.4 is 0 Å². The van der Waals surface area contributed by atoms with Gasteiger partial charge in [0.2, 0.25) is 0 Å². The molecule has 34 heavy (non-hydrogen) atoms. The van der Waals surface area contributed by atoms with Gasteiger partial charge in [-0.2, -0.15) is 0 Å². The monoisotopic (exact) mass is 470 g/mol. The van der Waals surface area contributed by atoms with Crippen molar-refractivity contribution in [2.24, 2.45) is 0 Å². The summed E-state index contributed by atoms with van der Waals surface area (Å²) in [4.78, 5) is 5.48. The first kappa shape index (κ1) is 28.0. The highest BCUT2D eigenvalue weighted by molar-refractivity contribution is 5.08. The number of hydrogen-bond donors (Lipinski definition) is 0. The van der Waals surface area contributed by atoms with Crippen molar-refractivity contribution in [1.29, 1.82) is 0 Å². The molecule has 0 aromatic heterocycles. The van der Waals surface area contributed by atoms with E-state index in [0.717, 1.165) is 0 Å². The molecule has 196 valence electrons. The van der Waals surface area contributed by atoms with E-state index in [2.05, 4.69) is 22.0 Å². The smallest absolute Gasteiger partial charge is 0.0192 e. The molecule has 0 radical (unpaired) electrons. The van der Waals surface area contributed by atoms with Gasteiger partial charge >= 0.3 is 0 Å². The largest absolute Gasteiger partial charge is 0.299 e. The quantitative estimate of drug-likeness (QED) is 0.326. The maximum Gasteiger partial charge on any atom is 0.0192 e. The number of fused-ring (bicyclic) bond motifs is 4. The van der Waals surface area contributed by atoms with Gasteiger partial charge in [-0.3, -0.25) is 9.80 Å². The Morgan fingerprint density at radius 2 is 0.676 bits per heavy atom. The summed E-state index contributed by atoms with van der Waals surface area (Å²) >= 11 is 0. The minimum Gasteiger partial charge on any atom is -0.299 e. The molecule has 3 aliphatic rings. The van der Waals surface area contributed by atoms with E-state index in [9.17, 15) is 0 Å². The van der Waals surface area contributed by atoms with Crippen LogP contribution in [0.25, 0.3) is 0 Å². The molecule has 2 atom stereocenters. The van der Waals surface area contributed by atoms with Crippen LogP contribution in [0.5, 0.6) is 0 Å². The van der Waals surface area contributed by atoms with E-state index in [4.69, 9.17) is 0 Å². The molecular weight excluding hydrogens is 412 g/mol. The molecule has 1 fully saturated rings. The SMILES string of the molecule is C1=C2CCCCCCCCCCCN3CCC=C(CCCCCCCCCCCN(CC1)C2)C3. The van der Waals surface area contributed by atoms with E-state index in [0.29, 0.717) is 0 Å². The maximum atomic E-state index is 2.74. The molecule has 0 spiro atoms. The van der Waals surface area contributed by atoms with E-state index in [1.165, 1.54) is 181 Å².